The number of aryl methyl sites for hydroxylation is 2. The third-order valence-corrected chi connectivity index (χ3v) is 4.80. The van der Waals surface area contributed by atoms with Gasteiger partial charge in [-0.15, -0.1) is 0 Å². The number of anilines is 1. The normalized spacial score (nSPS) is 11.3. The van der Waals surface area contributed by atoms with E-state index in [2.05, 4.69) is 11.6 Å². The number of para-hydroxylation sites is 1. The fourth-order valence-corrected chi connectivity index (χ4v) is 3.36. The van der Waals surface area contributed by atoms with Gasteiger partial charge in [0.2, 0.25) is 0 Å². The van der Waals surface area contributed by atoms with Crippen LogP contribution in [0.1, 0.15) is 31.4 Å². The summed E-state index contributed by atoms with van der Waals surface area (Å²) < 4.78 is 27.5. The summed E-state index contributed by atoms with van der Waals surface area (Å²) >= 11 is 0. The van der Waals surface area contributed by atoms with Crippen LogP contribution in [0.4, 0.5) is 5.69 Å². The Morgan fingerprint density at radius 2 is 1.62 bits per heavy atom. The van der Waals surface area contributed by atoms with Gasteiger partial charge in [-0.05, 0) is 42.2 Å². The van der Waals surface area contributed by atoms with Crippen LogP contribution in [0.2, 0.25) is 0 Å². The van der Waals surface area contributed by atoms with E-state index in [1.54, 1.807) is 18.2 Å². The molecule has 0 fully saturated rings. The first-order valence-corrected chi connectivity index (χ1v) is 8.74. The van der Waals surface area contributed by atoms with Crippen LogP contribution >= 0.6 is 0 Å². The first-order chi connectivity index (χ1) is 10.1. The number of sulfonamides is 1. The summed E-state index contributed by atoms with van der Waals surface area (Å²) in [5.74, 6) is 0. The zero-order chi connectivity index (χ0) is 15.3. The fraction of sp³-hybridized carbons (Fsp3) is 0.294. The number of hydrogen-bond acceptors (Lipinski definition) is 2. The summed E-state index contributed by atoms with van der Waals surface area (Å²) in [6, 6.07) is 14.6. The summed E-state index contributed by atoms with van der Waals surface area (Å²) in [5.41, 5.74) is 2.80. The van der Waals surface area contributed by atoms with Gasteiger partial charge >= 0.3 is 0 Å². The molecular weight excluding hydrogens is 282 g/mol. The number of nitrogens with one attached hydrogen (secondary N) is 1. The second-order valence-corrected chi connectivity index (χ2v) is 6.69. The average Bonchev–Trinajstić information content (AvgIpc) is 2.48. The Bertz CT molecular complexity index is 691. The fourth-order valence-electron chi connectivity index (χ4n) is 2.26. The maximum Gasteiger partial charge on any atom is 0.261 e. The summed E-state index contributed by atoms with van der Waals surface area (Å²) in [6.07, 6.45) is 2.80. The van der Waals surface area contributed by atoms with E-state index in [4.69, 9.17) is 0 Å². The van der Waals surface area contributed by atoms with Gasteiger partial charge in [0, 0.05) is 0 Å². The average molecular weight is 303 g/mol. The summed E-state index contributed by atoms with van der Waals surface area (Å²) in [6.45, 7) is 4.11. The Hall–Kier alpha value is -1.81. The first kappa shape index (κ1) is 15.6. The predicted octanol–water partition coefficient (Wildman–Crippen LogP) is 4.00. The SMILES string of the molecule is CCCc1ccc(S(=O)(=O)Nc2ccccc2CC)cc1. The lowest BCUT2D eigenvalue weighted by Crippen LogP contribution is -2.14. The lowest BCUT2D eigenvalue weighted by molar-refractivity contribution is 0.601. The van der Waals surface area contributed by atoms with Crippen molar-refractivity contribution < 1.29 is 8.42 Å². The molecule has 0 heterocycles. The minimum Gasteiger partial charge on any atom is -0.279 e. The summed E-state index contributed by atoms with van der Waals surface area (Å²) in [5, 5.41) is 0. The molecule has 0 unspecified atom stereocenters. The maximum atomic E-state index is 12.4. The highest BCUT2D eigenvalue weighted by Crippen LogP contribution is 2.21. The van der Waals surface area contributed by atoms with Crippen molar-refractivity contribution >= 4 is 15.7 Å². The lowest BCUT2D eigenvalue weighted by atomic mass is 10.1. The third kappa shape index (κ3) is 3.85. The quantitative estimate of drug-likeness (QED) is 0.876. The van der Waals surface area contributed by atoms with E-state index in [0.717, 1.165) is 30.4 Å². The zero-order valence-corrected chi connectivity index (χ0v) is 13.3. The van der Waals surface area contributed by atoms with Crippen LogP contribution < -0.4 is 4.72 Å². The number of hydrogen-bond donors (Lipinski definition) is 1. The monoisotopic (exact) mass is 303 g/mol. The molecule has 2 aromatic carbocycles. The largest absolute Gasteiger partial charge is 0.279 e. The van der Waals surface area contributed by atoms with Gasteiger partial charge in [0.25, 0.3) is 10.0 Å². The van der Waals surface area contributed by atoms with Crippen molar-refractivity contribution in [3.63, 3.8) is 0 Å². The molecule has 3 nitrogen and oxygen atoms in total. The minimum atomic E-state index is -3.53. The molecule has 2 rings (SSSR count). The van der Waals surface area contributed by atoms with Gasteiger partial charge in [0.15, 0.2) is 0 Å². The smallest absolute Gasteiger partial charge is 0.261 e. The molecule has 0 radical (unpaired) electrons. The van der Waals surface area contributed by atoms with Gasteiger partial charge in [-0.1, -0.05) is 50.6 Å². The molecule has 4 heteroatoms. The Balaban J connectivity index is 2.25. The second kappa shape index (κ2) is 6.76. The van der Waals surface area contributed by atoms with Crippen molar-refractivity contribution in [2.75, 3.05) is 4.72 Å². The van der Waals surface area contributed by atoms with Gasteiger partial charge in [0.1, 0.15) is 0 Å². The van der Waals surface area contributed by atoms with Crippen LogP contribution in [-0.4, -0.2) is 8.42 Å². The van der Waals surface area contributed by atoms with E-state index in [1.165, 1.54) is 0 Å². The van der Waals surface area contributed by atoms with Gasteiger partial charge in [-0.2, -0.15) is 0 Å². The predicted molar refractivity (Wildman–Crippen MR) is 87.1 cm³/mol. The molecule has 0 atom stereocenters. The van der Waals surface area contributed by atoms with Crippen LogP contribution in [-0.2, 0) is 22.9 Å². The Labute approximate surface area is 127 Å². The van der Waals surface area contributed by atoms with E-state index >= 15 is 0 Å². The highest BCUT2D eigenvalue weighted by Gasteiger charge is 2.15. The van der Waals surface area contributed by atoms with Gasteiger partial charge in [-0.25, -0.2) is 8.42 Å². The highest BCUT2D eigenvalue weighted by molar-refractivity contribution is 7.92. The Kier molecular flexibility index (Phi) is 5.02. The van der Waals surface area contributed by atoms with E-state index in [-0.39, 0.29) is 0 Å². The van der Waals surface area contributed by atoms with Crippen molar-refractivity contribution in [2.24, 2.45) is 0 Å². The number of benzene rings is 2. The number of rotatable bonds is 6. The topological polar surface area (TPSA) is 46.2 Å². The van der Waals surface area contributed by atoms with E-state index in [0.29, 0.717) is 10.6 Å². The zero-order valence-electron chi connectivity index (χ0n) is 12.5. The molecule has 0 aliphatic heterocycles. The molecular formula is C17H21NO2S. The molecule has 0 amide bonds. The van der Waals surface area contributed by atoms with Gasteiger partial charge < -0.3 is 0 Å². The van der Waals surface area contributed by atoms with Gasteiger partial charge in [-0.3, -0.25) is 4.72 Å². The molecule has 0 spiro atoms. The molecule has 0 saturated carbocycles. The van der Waals surface area contributed by atoms with Crippen molar-refractivity contribution in [3.8, 4) is 0 Å². The van der Waals surface area contributed by atoms with Crippen LogP contribution in [0.5, 0.6) is 0 Å². The van der Waals surface area contributed by atoms with E-state index < -0.39 is 10.0 Å². The van der Waals surface area contributed by atoms with Crippen LogP contribution in [0.15, 0.2) is 53.4 Å². The minimum absolute atomic E-state index is 0.299. The first-order valence-electron chi connectivity index (χ1n) is 7.26. The molecule has 21 heavy (non-hydrogen) atoms. The van der Waals surface area contributed by atoms with Crippen LogP contribution in [0.25, 0.3) is 0 Å². The molecule has 0 bridgehead atoms. The molecule has 0 aliphatic carbocycles. The lowest BCUT2D eigenvalue weighted by Gasteiger charge is -2.12. The second-order valence-electron chi connectivity index (χ2n) is 5.01. The molecule has 0 aliphatic rings. The Morgan fingerprint density at radius 3 is 2.24 bits per heavy atom. The molecule has 112 valence electrons. The third-order valence-electron chi connectivity index (χ3n) is 3.41. The molecule has 0 aromatic heterocycles. The Morgan fingerprint density at radius 1 is 0.952 bits per heavy atom. The summed E-state index contributed by atoms with van der Waals surface area (Å²) in [7, 11) is -3.53. The maximum absolute atomic E-state index is 12.4. The standard InChI is InChI=1S/C17H21NO2S/c1-3-7-14-10-12-16(13-11-14)21(19,20)18-17-9-6-5-8-15(17)4-2/h5-6,8-13,18H,3-4,7H2,1-2H3. The van der Waals surface area contributed by atoms with Crippen molar-refractivity contribution in [2.45, 2.75) is 38.0 Å². The van der Waals surface area contributed by atoms with Crippen molar-refractivity contribution in [3.05, 3.63) is 59.7 Å². The van der Waals surface area contributed by atoms with Crippen molar-refractivity contribution in [1.82, 2.24) is 0 Å². The van der Waals surface area contributed by atoms with E-state index in [9.17, 15) is 8.42 Å². The molecule has 1 N–H and O–H groups in total. The van der Waals surface area contributed by atoms with Crippen molar-refractivity contribution in [1.29, 1.82) is 0 Å². The van der Waals surface area contributed by atoms with Gasteiger partial charge in [0.05, 0.1) is 10.6 Å². The summed E-state index contributed by atoms with van der Waals surface area (Å²) in [4.78, 5) is 0.299. The van der Waals surface area contributed by atoms with E-state index in [1.807, 2.05) is 37.3 Å². The molecule has 0 saturated heterocycles. The van der Waals surface area contributed by atoms with Crippen LogP contribution in [0, 0.1) is 0 Å². The van der Waals surface area contributed by atoms with Crippen LogP contribution in [0.3, 0.4) is 0 Å². The molecule has 2 aromatic rings. The highest BCUT2D eigenvalue weighted by atomic mass is 32.2.